The van der Waals surface area contributed by atoms with Gasteiger partial charge in [0.25, 0.3) is 5.22 Å². The van der Waals surface area contributed by atoms with Crippen molar-refractivity contribution in [3.8, 4) is 23.0 Å². The number of benzene rings is 1. The van der Waals surface area contributed by atoms with Crippen LogP contribution >= 0.6 is 23.1 Å². The predicted molar refractivity (Wildman–Crippen MR) is 134 cm³/mol. The largest absolute Gasteiger partial charge is 0.497 e. The van der Waals surface area contributed by atoms with Crippen molar-refractivity contribution in [2.75, 3.05) is 31.9 Å². The molecule has 1 aliphatic rings. The number of hydrogen-bond donors (Lipinski definition) is 1. The van der Waals surface area contributed by atoms with Gasteiger partial charge in [0.1, 0.15) is 16.5 Å². The van der Waals surface area contributed by atoms with E-state index in [2.05, 4.69) is 15.5 Å². The number of ether oxygens (including phenoxy) is 3. The summed E-state index contributed by atoms with van der Waals surface area (Å²) in [5.41, 5.74) is 2.16. The van der Waals surface area contributed by atoms with E-state index in [0.717, 1.165) is 54.3 Å². The molecule has 3 aromatic rings. The monoisotopic (exact) mass is 517 g/mol. The molecule has 1 aromatic carbocycles. The molecule has 4 rings (SSSR count). The molecule has 11 heteroatoms. The highest BCUT2D eigenvalue weighted by atomic mass is 32.2. The molecule has 35 heavy (non-hydrogen) atoms. The van der Waals surface area contributed by atoms with Crippen LogP contribution in [0.4, 0.5) is 5.00 Å². The molecule has 0 spiro atoms. The fourth-order valence-electron chi connectivity index (χ4n) is 3.86. The van der Waals surface area contributed by atoms with Crippen molar-refractivity contribution in [3.05, 3.63) is 34.2 Å². The Balaban J connectivity index is 1.44. The third-order valence-corrected chi connectivity index (χ3v) is 7.51. The zero-order valence-corrected chi connectivity index (χ0v) is 21.5. The number of anilines is 1. The second-order valence-corrected chi connectivity index (χ2v) is 9.83. The van der Waals surface area contributed by atoms with Crippen molar-refractivity contribution in [1.82, 2.24) is 10.2 Å². The fraction of sp³-hybridized carbons (Fsp3) is 0.417. The number of methoxy groups -OCH3 is 2. The summed E-state index contributed by atoms with van der Waals surface area (Å²) in [5, 5.41) is 11.8. The molecule has 9 nitrogen and oxygen atoms in total. The van der Waals surface area contributed by atoms with Crippen molar-refractivity contribution in [3.63, 3.8) is 0 Å². The third-order valence-electron chi connectivity index (χ3n) is 5.49. The molecular formula is C24H27N3O6S2. The summed E-state index contributed by atoms with van der Waals surface area (Å²) in [4.78, 5) is 26.6. The van der Waals surface area contributed by atoms with Gasteiger partial charge in [-0.3, -0.25) is 4.79 Å². The highest BCUT2D eigenvalue weighted by molar-refractivity contribution is 7.99. The molecular weight excluding hydrogens is 490 g/mol. The lowest BCUT2D eigenvalue weighted by Gasteiger charge is -2.08. The van der Waals surface area contributed by atoms with E-state index in [9.17, 15) is 9.59 Å². The first-order valence-electron chi connectivity index (χ1n) is 11.3. The van der Waals surface area contributed by atoms with Gasteiger partial charge >= 0.3 is 5.97 Å². The van der Waals surface area contributed by atoms with Gasteiger partial charge in [-0.1, -0.05) is 18.2 Å². The molecule has 0 aliphatic heterocycles. The maximum atomic E-state index is 12.7. The number of nitrogens with zero attached hydrogens (tertiary/aromatic N) is 2. The topological polar surface area (TPSA) is 113 Å². The highest BCUT2D eigenvalue weighted by Crippen LogP contribution is 2.38. The van der Waals surface area contributed by atoms with Crippen molar-refractivity contribution >= 4 is 40.0 Å². The summed E-state index contributed by atoms with van der Waals surface area (Å²) in [7, 11) is 3.12. The fourth-order valence-corrected chi connectivity index (χ4v) is 5.71. The molecule has 1 N–H and O–H groups in total. The lowest BCUT2D eigenvalue weighted by molar-refractivity contribution is -0.113. The van der Waals surface area contributed by atoms with Crippen LogP contribution in [0.2, 0.25) is 0 Å². The number of aromatic nitrogens is 2. The van der Waals surface area contributed by atoms with Crippen LogP contribution in [-0.2, 0) is 22.4 Å². The Labute approximate surface area is 211 Å². The molecule has 0 saturated heterocycles. The first-order valence-corrected chi connectivity index (χ1v) is 13.1. The minimum absolute atomic E-state index is 0.0495. The molecule has 0 radical (unpaired) electrons. The van der Waals surface area contributed by atoms with Gasteiger partial charge in [-0.2, -0.15) is 0 Å². The molecule has 1 aliphatic carbocycles. The molecule has 0 bridgehead atoms. The molecule has 2 aromatic heterocycles. The first kappa shape index (κ1) is 25.1. The molecule has 0 atom stereocenters. The van der Waals surface area contributed by atoms with E-state index in [0.29, 0.717) is 27.6 Å². The number of hydrogen-bond acceptors (Lipinski definition) is 10. The zero-order valence-electron chi connectivity index (χ0n) is 19.8. The van der Waals surface area contributed by atoms with Gasteiger partial charge in [-0.25, -0.2) is 4.79 Å². The van der Waals surface area contributed by atoms with Crippen LogP contribution in [0.3, 0.4) is 0 Å². The Morgan fingerprint density at radius 1 is 1.09 bits per heavy atom. The number of fused-ring (bicyclic) bond motifs is 1. The van der Waals surface area contributed by atoms with E-state index in [-0.39, 0.29) is 35.3 Å². The Bertz CT molecular complexity index is 1180. The SMILES string of the molecule is CCOC(=O)c1c(NC(=O)CSc2nnc(-c3cc(OC)cc(OC)c3)o2)sc2c1CCCCC2. The molecule has 1 amide bonds. The molecule has 0 unspecified atom stereocenters. The quantitative estimate of drug-likeness (QED) is 0.238. The van der Waals surface area contributed by atoms with E-state index in [1.54, 1.807) is 39.3 Å². The number of carbonyl (C=O) groups excluding carboxylic acids is 2. The van der Waals surface area contributed by atoms with Gasteiger partial charge < -0.3 is 23.9 Å². The van der Waals surface area contributed by atoms with Crippen LogP contribution in [-0.4, -0.2) is 48.7 Å². The lowest BCUT2D eigenvalue weighted by Crippen LogP contribution is -2.16. The van der Waals surface area contributed by atoms with E-state index >= 15 is 0 Å². The van der Waals surface area contributed by atoms with Crippen LogP contribution in [0.25, 0.3) is 11.5 Å². The van der Waals surface area contributed by atoms with Crippen molar-refractivity contribution in [1.29, 1.82) is 0 Å². The smallest absolute Gasteiger partial charge is 0.341 e. The summed E-state index contributed by atoms with van der Waals surface area (Å²) < 4.78 is 21.6. The molecule has 0 saturated carbocycles. The van der Waals surface area contributed by atoms with E-state index in [4.69, 9.17) is 18.6 Å². The second-order valence-electron chi connectivity index (χ2n) is 7.80. The Kier molecular flexibility index (Phi) is 8.29. The minimum atomic E-state index is -0.384. The van der Waals surface area contributed by atoms with Gasteiger partial charge in [-0.15, -0.1) is 21.5 Å². The number of esters is 1. The van der Waals surface area contributed by atoms with E-state index in [1.807, 2.05) is 0 Å². The summed E-state index contributed by atoms with van der Waals surface area (Å²) >= 11 is 2.59. The van der Waals surface area contributed by atoms with E-state index < -0.39 is 0 Å². The maximum Gasteiger partial charge on any atom is 0.341 e. The number of nitrogens with one attached hydrogen (secondary N) is 1. The van der Waals surface area contributed by atoms with Crippen LogP contribution in [0.5, 0.6) is 11.5 Å². The van der Waals surface area contributed by atoms with Gasteiger partial charge in [-0.05, 0) is 50.3 Å². The normalized spacial score (nSPS) is 13.0. The van der Waals surface area contributed by atoms with Crippen LogP contribution in [0, 0.1) is 0 Å². The van der Waals surface area contributed by atoms with Crippen LogP contribution < -0.4 is 14.8 Å². The van der Waals surface area contributed by atoms with E-state index in [1.165, 1.54) is 11.3 Å². The Morgan fingerprint density at radius 3 is 2.54 bits per heavy atom. The minimum Gasteiger partial charge on any atom is -0.497 e. The van der Waals surface area contributed by atoms with Crippen molar-refractivity contribution in [2.45, 2.75) is 44.3 Å². The summed E-state index contributed by atoms with van der Waals surface area (Å²) in [6, 6.07) is 5.26. The van der Waals surface area contributed by atoms with Gasteiger partial charge in [0.2, 0.25) is 11.8 Å². The molecule has 2 heterocycles. The second kappa shape index (κ2) is 11.6. The number of thioether (sulfide) groups is 1. The zero-order chi connectivity index (χ0) is 24.8. The average Bonchev–Trinajstić information content (AvgIpc) is 3.40. The summed E-state index contributed by atoms with van der Waals surface area (Å²) in [5.74, 6) is 0.880. The number of amides is 1. The van der Waals surface area contributed by atoms with Crippen LogP contribution in [0.1, 0.15) is 47.0 Å². The Hall–Kier alpha value is -3.05. The number of carbonyl (C=O) groups is 2. The Morgan fingerprint density at radius 2 is 1.83 bits per heavy atom. The van der Waals surface area contributed by atoms with Crippen molar-refractivity contribution in [2.24, 2.45) is 0 Å². The number of thiophene rings is 1. The molecule has 186 valence electrons. The van der Waals surface area contributed by atoms with Crippen LogP contribution in [0.15, 0.2) is 27.8 Å². The van der Waals surface area contributed by atoms with Crippen molar-refractivity contribution < 1.29 is 28.2 Å². The first-order chi connectivity index (χ1) is 17.0. The standard InChI is InChI=1S/C24H27N3O6S2/c1-4-32-23(29)20-17-8-6-5-7-9-18(17)35-22(20)25-19(28)13-34-24-27-26-21(33-24)14-10-15(30-2)12-16(11-14)31-3/h10-12H,4-9,13H2,1-3H3,(H,25,28). The number of aryl methyl sites for hydroxylation is 1. The predicted octanol–water partition coefficient (Wildman–Crippen LogP) is 4.99. The summed E-state index contributed by atoms with van der Waals surface area (Å²) in [6.45, 7) is 2.06. The third kappa shape index (κ3) is 5.96. The summed E-state index contributed by atoms with van der Waals surface area (Å²) in [6.07, 6.45) is 4.98. The van der Waals surface area contributed by atoms with Gasteiger partial charge in [0.05, 0.1) is 32.1 Å². The number of rotatable bonds is 9. The maximum absolute atomic E-state index is 12.7. The molecule has 0 fully saturated rings. The van der Waals surface area contributed by atoms with Gasteiger partial charge in [0, 0.05) is 16.5 Å². The van der Waals surface area contributed by atoms with Gasteiger partial charge in [0.15, 0.2) is 0 Å². The highest BCUT2D eigenvalue weighted by Gasteiger charge is 2.26. The average molecular weight is 518 g/mol. The lowest BCUT2D eigenvalue weighted by atomic mass is 10.1.